The molecule has 1 aromatic carbocycles. The third-order valence-corrected chi connectivity index (χ3v) is 4.83. The molecule has 0 aliphatic rings. The number of hydrogen-bond donors (Lipinski definition) is 1. The fourth-order valence-electron chi connectivity index (χ4n) is 2.92. The molecule has 0 radical (unpaired) electrons. The standard InChI is InChI=1S/C21H22BrN3O3/c1-4-10-28-21(27)14-6-8-15(9-7-14)23-20(26)18-17(5-2)24-19-16(22)11-13(3)12-25(18)19/h6-9,11-12H,4-5,10H2,1-3H3,(H,23,26). The molecule has 6 nitrogen and oxygen atoms in total. The number of aryl methyl sites for hydroxylation is 2. The van der Waals surface area contributed by atoms with Crippen LogP contribution in [-0.4, -0.2) is 27.9 Å². The van der Waals surface area contributed by atoms with E-state index in [2.05, 4.69) is 26.2 Å². The van der Waals surface area contributed by atoms with Crippen LogP contribution in [0.1, 0.15) is 52.4 Å². The van der Waals surface area contributed by atoms with Crippen LogP contribution in [0.5, 0.6) is 0 Å². The molecular formula is C21H22BrN3O3. The van der Waals surface area contributed by atoms with E-state index in [9.17, 15) is 9.59 Å². The SMILES string of the molecule is CCCOC(=O)c1ccc(NC(=O)c2c(CC)nc3c(Br)cc(C)cn23)cc1. The van der Waals surface area contributed by atoms with Gasteiger partial charge in [0.25, 0.3) is 5.91 Å². The van der Waals surface area contributed by atoms with Gasteiger partial charge < -0.3 is 10.1 Å². The number of pyridine rings is 1. The molecule has 0 saturated carbocycles. The summed E-state index contributed by atoms with van der Waals surface area (Å²) < 4.78 is 7.77. The maximum absolute atomic E-state index is 13.0. The number of amides is 1. The molecule has 3 aromatic rings. The zero-order valence-corrected chi connectivity index (χ0v) is 17.7. The number of halogens is 1. The molecule has 28 heavy (non-hydrogen) atoms. The third kappa shape index (κ3) is 4.09. The summed E-state index contributed by atoms with van der Waals surface area (Å²) in [5.74, 6) is -0.613. The number of rotatable bonds is 6. The van der Waals surface area contributed by atoms with E-state index in [0.717, 1.165) is 22.2 Å². The number of nitrogens with zero attached hydrogens (tertiary/aromatic N) is 2. The Morgan fingerprint density at radius 2 is 1.93 bits per heavy atom. The first-order valence-corrected chi connectivity index (χ1v) is 9.99. The van der Waals surface area contributed by atoms with Crippen molar-refractivity contribution in [3.8, 4) is 0 Å². The topological polar surface area (TPSA) is 72.7 Å². The van der Waals surface area contributed by atoms with Crippen LogP contribution >= 0.6 is 15.9 Å². The van der Waals surface area contributed by atoms with Crippen molar-refractivity contribution < 1.29 is 14.3 Å². The fraction of sp³-hybridized carbons (Fsp3) is 0.286. The van der Waals surface area contributed by atoms with Crippen LogP contribution in [0.4, 0.5) is 5.69 Å². The Hall–Kier alpha value is -2.67. The molecule has 3 rings (SSSR count). The molecule has 0 atom stereocenters. The largest absolute Gasteiger partial charge is 0.462 e. The molecule has 1 amide bonds. The van der Waals surface area contributed by atoms with Gasteiger partial charge in [0, 0.05) is 11.9 Å². The lowest BCUT2D eigenvalue weighted by atomic mass is 10.2. The van der Waals surface area contributed by atoms with Gasteiger partial charge in [0.05, 0.1) is 22.3 Å². The highest BCUT2D eigenvalue weighted by Crippen LogP contribution is 2.24. The molecule has 0 unspecified atom stereocenters. The summed E-state index contributed by atoms with van der Waals surface area (Å²) in [4.78, 5) is 29.5. The summed E-state index contributed by atoms with van der Waals surface area (Å²) in [6.45, 7) is 6.26. The van der Waals surface area contributed by atoms with Gasteiger partial charge >= 0.3 is 5.97 Å². The van der Waals surface area contributed by atoms with Crippen molar-refractivity contribution in [2.45, 2.75) is 33.6 Å². The smallest absolute Gasteiger partial charge is 0.338 e. The number of carbonyl (C=O) groups is 2. The maximum Gasteiger partial charge on any atom is 0.338 e. The Kier molecular flexibility index (Phi) is 6.14. The number of fused-ring (bicyclic) bond motifs is 1. The molecule has 7 heteroatoms. The highest BCUT2D eigenvalue weighted by molar-refractivity contribution is 9.10. The number of esters is 1. The van der Waals surface area contributed by atoms with Gasteiger partial charge in [0.1, 0.15) is 5.69 Å². The molecule has 1 N–H and O–H groups in total. The van der Waals surface area contributed by atoms with Gasteiger partial charge in [-0.3, -0.25) is 9.20 Å². The van der Waals surface area contributed by atoms with Gasteiger partial charge in [0.15, 0.2) is 5.65 Å². The van der Waals surface area contributed by atoms with Crippen molar-refractivity contribution in [3.05, 3.63) is 63.5 Å². The van der Waals surface area contributed by atoms with Gasteiger partial charge in [-0.1, -0.05) is 13.8 Å². The number of aromatic nitrogens is 2. The number of hydrogen-bond acceptors (Lipinski definition) is 4. The molecule has 2 aromatic heterocycles. The minimum Gasteiger partial charge on any atom is -0.462 e. The number of benzene rings is 1. The van der Waals surface area contributed by atoms with Crippen molar-refractivity contribution in [2.75, 3.05) is 11.9 Å². The quantitative estimate of drug-likeness (QED) is 0.555. The van der Waals surface area contributed by atoms with E-state index >= 15 is 0 Å². The van der Waals surface area contributed by atoms with Gasteiger partial charge in [-0.05, 0) is 71.6 Å². The summed E-state index contributed by atoms with van der Waals surface area (Å²) in [5.41, 5.74) is 4.01. The monoisotopic (exact) mass is 443 g/mol. The molecule has 0 fully saturated rings. The Bertz CT molecular complexity index is 1030. The van der Waals surface area contributed by atoms with Crippen LogP contribution in [0, 0.1) is 6.92 Å². The first-order valence-electron chi connectivity index (χ1n) is 9.20. The summed E-state index contributed by atoms with van der Waals surface area (Å²) in [5, 5.41) is 2.89. The number of ether oxygens (including phenoxy) is 1. The minimum atomic E-state index is -0.366. The summed E-state index contributed by atoms with van der Waals surface area (Å²) in [6, 6.07) is 8.64. The van der Waals surface area contributed by atoms with E-state index in [1.165, 1.54) is 0 Å². The Balaban J connectivity index is 1.86. The van der Waals surface area contributed by atoms with Crippen LogP contribution in [-0.2, 0) is 11.2 Å². The van der Waals surface area contributed by atoms with Gasteiger partial charge in [-0.25, -0.2) is 9.78 Å². The van der Waals surface area contributed by atoms with Crippen molar-refractivity contribution in [3.63, 3.8) is 0 Å². The van der Waals surface area contributed by atoms with Crippen LogP contribution < -0.4 is 5.32 Å². The lowest BCUT2D eigenvalue weighted by Crippen LogP contribution is -2.16. The van der Waals surface area contributed by atoms with E-state index in [1.807, 2.05) is 37.4 Å². The van der Waals surface area contributed by atoms with E-state index in [4.69, 9.17) is 4.74 Å². The van der Waals surface area contributed by atoms with Crippen molar-refractivity contribution in [1.82, 2.24) is 9.38 Å². The van der Waals surface area contributed by atoms with Crippen molar-refractivity contribution in [1.29, 1.82) is 0 Å². The van der Waals surface area contributed by atoms with Crippen LogP contribution in [0.2, 0.25) is 0 Å². The Morgan fingerprint density at radius 1 is 1.21 bits per heavy atom. The molecule has 146 valence electrons. The minimum absolute atomic E-state index is 0.247. The molecule has 0 bridgehead atoms. The maximum atomic E-state index is 13.0. The molecule has 0 spiro atoms. The van der Waals surface area contributed by atoms with Crippen LogP contribution in [0.3, 0.4) is 0 Å². The molecule has 0 aliphatic heterocycles. The first kappa shape index (κ1) is 20.1. The zero-order valence-electron chi connectivity index (χ0n) is 16.1. The van der Waals surface area contributed by atoms with Crippen LogP contribution in [0.15, 0.2) is 41.0 Å². The zero-order chi connectivity index (χ0) is 20.3. The number of imidazole rings is 1. The Morgan fingerprint density at radius 3 is 2.57 bits per heavy atom. The second kappa shape index (κ2) is 8.56. The lowest BCUT2D eigenvalue weighted by molar-refractivity contribution is 0.0505. The molecule has 0 saturated heterocycles. The summed E-state index contributed by atoms with van der Waals surface area (Å²) in [7, 11) is 0. The average molecular weight is 444 g/mol. The third-order valence-electron chi connectivity index (χ3n) is 4.25. The van der Waals surface area contributed by atoms with Crippen LogP contribution in [0.25, 0.3) is 5.65 Å². The Labute approximate surface area is 172 Å². The number of anilines is 1. The fourth-order valence-corrected chi connectivity index (χ4v) is 3.56. The molecule has 0 aliphatic carbocycles. The second-order valence-electron chi connectivity index (χ2n) is 6.49. The van der Waals surface area contributed by atoms with Crippen molar-refractivity contribution >= 4 is 39.1 Å². The first-order chi connectivity index (χ1) is 13.4. The van der Waals surface area contributed by atoms with Gasteiger partial charge in [0.2, 0.25) is 0 Å². The molecule has 2 heterocycles. The number of nitrogens with one attached hydrogen (secondary N) is 1. The molecular weight excluding hydrogens is 422 g/mol. The highest BCUT2D eigenvalue weighted by atomic mass is 79.9. The normalized spacial score (nSPS) is 10.9. The van der Waals surface area contributed by atoms with E-state index in [0.29, 0.717) is 35.6 Å². The lowest BCUT2D eigenvalue weighted by Gasteiger charge is -2.08. The summed E-state index contributed by atoms with van der Waals surface area (Å²) >= 11 is 3.52. The van der Waals surface area contributed by atoms with E-state index in [-0.39, 0.29) is 11.9 Å². The van der Waals surface area contributed by atoms with Gasteiger partial charge in [-0.2, -0.15) is 0 Å². The predicted octanol–water partition coefficient (Wildman–Crippen LogP) is 4.79. The van der Waals surface area contributed by atoms with E-state index < -0.39 is 0 Å². The predicted molar refractivity (Wildman–Crippen MR) is 112 cm³/mol. The highest BCUT2D eigenvalue weighted by Gasteiger charge is 2.20. The summed E-state index contributed by atoms with van der Waals surface area (Å²) in [6.07, 6.45) is 3.31. The van der Waals surface area contributed by atoms with E-state index in [1.54, 1.807) is 24.3 Å². The number of carbonyl (C=O) groups excluding carboxylic acids is 2. The second-order valence-corrected chi connectivity index (χ2v) is 7.34. The van der Waals surface area contributed by atoms with Gasteiger partial charge in [-0.15, -0.1) is 0 Å². The average Bonchev–Trinajstić information content (AvgIpc) is 3.05. The van der Waals surface area contributed by atoms with Crippen molar-refractivity contribution in [2.24, 2.45) is 0 Å².